The molecule has 0 aliphatic carbocycles. The predicted molar refractivity (Wildman–Crippen MR) is 55.8 cm³/mol. The first-order valence-electron chi connectivity index (χ1n) is 4.65. The molecule has 14 heavy (non-hydrogen) atoms. The minimum absolute atomic E-state index is 0.0175. The summed E-state index contributed by atoms with van der Waals surface area (Å²) in [6.07, 6.45) is 5.32. The van der Waals surface area contributed by atoms with Crippen LogP contribution in [0.4, 0.5) is 0 Å². The first kappa shape index (κ1) is 12.9. The molecule has 0 aromatic rings. The van der Waals surface area contributed by atoms with E-state index < -0.39 is 0 Å². The first-order chi connectivity index (χ1) is 6.58. The van der Waals surface area contributed by atoms with Gasteiger partial charge in [-0.1, -0.05) is 19.1 Å². The second-order valence-corrected chi connectivity index (χ2v) is 3.37. The van der Waals surface area contributed by atoms with Crippen LogP contribution in [-0.4, -0.2) is 24.3 Å². The molecular formula is C11H18O3. The van der Waals surface area contributed by atoms with Gasteiger partial charge in [0.1, 0.15) is 0 Å². The fourth-order valence-corrected chi connectivity index (χ4v) is 0.827. The Morgan fingerprint density at radius 1 is 1.64 bits per heavy atom. The molecule has 0 aromatic heterocycles. The fraction of sp³-hybridized carbons (Fsp3) is 0.545. The van der Waals surface area contributed by atoms with Crippen LogP contribution < -0.4 is 0 Å². The van der Waals surface area contributed by atoms with Crippen LogP contribution in [0.15, 0.2) is 24.8 Å². The Morgan fingerprint density at radius 3 is 2.71 bits per heavy atom. The van der Waals surface area contributed by atoms with Gasteiger partial charge in [0, 0.05) is 11.5 Å². The number of carbonyl (C=O) groups is 1. The molecule has 0 aliphatic heterocycles. The summed E-state index contributed by atoms with van der Waals surface area (Å²) >= 11 is 0. The highest BCUT2D eigenvalue weighted by Crippen LogP contribution is 2.21. The van der Waals surface area contributed by atoms with Crippen molar-refractivity contribution < 1.29 is 14.6 Å². The summed E-state index contributed by atoms with van der Waals surface area (Å²) in [5.74, 6) is -0.350. The van der Waals surface area contributed by atoms with Crippen molar-refractivity contribution in [1.82, 2.24) is 0 Å². The number of hydrogen-bond donors (Lipinski definition) is 1. The van der Waals surface area contributed by atoms with Crippen molar-refractivity contribution in [3.63, 3.8) is 0 Å². The summed E-state index contributed by atoms with van der Waals surface area (Å²) in [6, 6.07) is 0. The summed E-state index contributed by atoms with van der Waals surface area (Å²) in [7, 11) is 0. The Kier molecular flexibility index (Phi) is 5.88. The first-order valence-corrected chi connectivity index (χ1v) is 4.65. The molecule has 80 valence electrons. The standard InChI is InChI=1S/C11H18O3/c1-4-11(3,9-12)8-6-7-10(13)14-5-2/h4,6-7,12H,1,5,8-9H2,2-3H3/b7-6+/t11-/m1/s1. The summed E-state index contributed by atoms with van der Waals surface area (Å²) in [4.78, 5) is 10.9. The van der Waals surface area contributed by atoms with Crippen LogP contribution >= 0.6 is 0 Å². The van der Waals surface area contributed by atoms with E-state index in [1.807, 2.05) is 6.92 Å². The lowest BCUT2D eigenvalue weighted by Gasteiger charge is -2.20. The zero-order valence-corrected chi connectivity index (χ0v) is 8.82. The topological polar surface area (TPSA) is 46.5 Å². The van der Waals surface area contributed by atoms with Crippen LogP contribution in [0.5, 0.6) is 0 Å². The zero-order chi connectivity index (χ0) is 11.0. The summed E-state index contributed by atoms with van der Waals surface area (Å²) in [5.41, 5.74) is -0.358. The van der Waals surface area contributed by atoms with Crippen LogP contribution in [-0.2, 0) is 9.53 Å². The SMILES string of the molecule is C=C[C@@](C)(CO)C/C=C/C(=O)OCC. The molecule has 3 nitrogen and oxygen atoms in total. The molecule has 0 aliphatic rings. The molecule has 0 bridgehead atoms. The van der Waals surface area contributed by atoms with E-state index in [1.165, 1.54) is 6.08 Å². The number of aliphatic hydroxyl groups is 1. The van der Waals surface area contributed by atoms with Crippen molar-refractivity contribution in [1.29, 1.82) is 0 Å². The van der Waals surface area contributed by atoms with Crippen LogP contribution in [0.2, 0.25) is 0 Å². The van der Waals surface area contributed by atoms with E-state index in [9.17, 15) is 4.79 Å². The van der Waals surface area contributed by atoms with E-state index in [4.69, 9.17) is 9.84 Å². The lowest BCUT2D eigenvalue weighted by atomic mass is 9.88. The number of rotatable bonds is 6. The van der Waals surface area contributed by atoms with Crippen molar-refractivity contribution in [2.45, 2.75) is 20.3 Å². The zero-order valence-electron chi connectivity index (χ0n) is 8.82. The number of hydrogen-bond acceptors (Lipinski definition) is 3. The lowest BCUT2D eigenvalue weighted by Crippen LogP contribution is -2.16. The van der Waals surface area contributed by atoms with Gasteiger partial charge >= 0.3 is 5.97 Å². The summed E-state index contributed by atoms with van der Waals surface area (Å²) in [6.45, 7) is 7.65. The third kappa shape index (κ3) is 4.82. The average molecular weight is 198 g/mol. The molecule has 0 amide bonds. The monoisotopic (exact) mass is 198 g/mol. The maximum absolute atomic E-state index is 10.9. The van der Waals surface area contributed by atoms with Gasteiger partial charge in [0.05, 0.1) is 13.2 Å². The molecule has 0 heterocycles. The highest BCUT2D eigenvalue weighted by molar-refractivity contribution is 5.81. The van der Waals surface area contributed by atoms with Crippen molar-refractivity contribution in [3.8, 4) is 0 Å². The molecule has 3 heteroatoms. The third-order valence-corrected chi connectivity index (χ3v) is 1.98. The van der Waals surface area contributed by atoms with Gasteiger partial charge in [0.25, 0.3) is 0 Å². The number of ether oxygens (including phenoxy) is 1. The Hall–Kier alpha value is -1.09. The van der Waals surface area contributed by atoms with E-state index in [0.29, 0.717) is 13.0 Å². The minimum Gasteiger partial charge on any atom is -0.463 e. The molecule has 0 rings (SSSR count). The van der Waals surface area contributed by atoms with Gasteiger partial charge in [-0.2, -0.15) is 0 Å². The van der Waals surface area contributed by atoms with Gasteiger partial charge in [0.15, 0.2) is 0 Å². The number of aliphatic hydroxyl groups excluding tert-OH is 1. The third-order valence-electron chi connectivity index (χ3n) is 1.98. The van der Waals surface area contributed by atoms with Gasteiger partial charge in [-0.25, -0.2) is 4.79 Å². The minimum atomic E-state index is -0.358. The number of esters is 1. The van der Waals surface area contributed by atoms with Crippen LogP contribution in [0.25, 0.3) is 0 Å². The van der Waals surface area contributed by atoms with Crippen molar-refractivity contribution in [3.05, 3.63) is 24.8 Å². The van der Waals surface area contributed by atoms with Crippen molar-refractivity contribution in [2.24, 2.45) is 5.41 Å². The molecule has 0 saturated heterocycles. The molecular weight excluding hydrogens is 180 g/mol. The number of carbonyl (C=O) groups excluding carboxylic acids is 1. The maximum atomic E-state index is 10.9. The molecule has 1 N–H and O–H groups in total. The van der Waals surface area contributed by atoms with Gasteiger partial charge < -0.3 is 9.84 Å². The van der Waals surface area contributed by atoms with Gasteiger partial charge in [-0.15, -0.1) is 6.58 Å². The average Bonchev–Trinajstić information content (AvgIpc) is 2.18. The van der Waals surface area contributed by atoms with Crippen LogP contribution in [0, 0.1) is 5.41 Å². The van der Waals surface area contributed by atoms with Crippen LogP contribution in [0.1, 0.15) is 20.3 Å². The second kappa shape index (κ2) is 6.38. The molecule has 1 atom stereocenters. The van der Waals surface area contributed by atoms with E-state index >= 15 is 0 Å². The van der Waals surface area contributed by atoms with Crippen LogP contribution in [0.3, 0.4) is 0 Å². The molecule has 0 spiro atoms. The Labute approximate surface area is 85.1 Å². The predicted octanol–water partition coefficient (Wildman–Crippen LogP) is 1.68. The van der Waals surface area contributed by atoms with E-state index in [1.54, 1.807) is 19.1 Å². The molecule has 0 fully saturated rings. The molecule has 0 aromatic carbocycles. The quantitative estimate of drug-likeness (QED) is 0.401. The van der Waals surface area contributed by atoms with E-state index in [-0.39, 0.29) is 18.0 Å². The highest BCUT2D eigenvalue weighted by atomic mass is 16.5. The largest absolute Gasteiger partial charge is 0.463 e. The normalized spacial score (nSPS) is 15.1. The highest BCUT2D eigenvalue weighted by Gasteiger charge is 2.16. The maximum Gasteiger partial charge on any atom is 0.330 e. The number of allylic oxidation sites excluding steroid dienone is 1. The second-order valence-electron chi connectivity index (χ2n) is 3.37. The summed E-state index contributed by atoms with van der Waals surface area (Å²) in [5, 5.41) is 9.03. The van der Waals surface area contributed by atoms with Gasteiger partial charge in [-0.05, 0) is 13.3 Å². The van der Waals surface area contributed by atoms with Gasteiger partial charge in [0.2, 0.25) is 0 Å². The smallest absolute Gasteiger partial charge is 0.330 e. The van der Waals surface area contributed by atoms with Gasteiger partial charge in [-0.3, -0.25) is 0 Å². The molecule has 0 radical (unpaired) electrons. The Balaban J connectivity index is 4.02. The van der Waals surface area contributed by atoms with E-state index in [0.717, 1.165) is 0 Å². The lowest BCUT2D eigenvalue weighted by molar-refractivity contribution is -0.137. The molecule has 0 unspecified atom stereocenters. The Morgan fingerprint density at radius 2 is 2.29 bits per heavy atom. The Bertz CT molecular complexity index is 221. The van der Waals surface area contributed by atoms with E-state index in [2.05, 4.69) is 6.58 Å². The fourth-order valence-electron chi connectivity index (χ4n) is 0.827. The van der Waals surface area contributed by atoms with Crippen molar-refractivity contribution >= 4 is 5.97 Å². The van der Waals surface area contributed by atoms with Crippen molar-refractivity contribution in [2.75, 3.05) is 13.2 Å². The summed E-state index contributed by atoms with van der Waals surface area (Å²) < 4.78 is 4.71. The molecule has 0 saturated carbocycles.